The van der Waals surface area contributed by atoms with E-state index < -0.39 is 11.7 Å². The minimum Gasteiger partial charge on any atom is -0.388 e. The first kappa shape index (κ1) is 6.99. The second-order valence-corrected chi connectivity index (χ2v) is 2.75. The topological polar surface area (TPSA) is 38.7 Å². The Balaban J connectivity index is 2.49. The van der Waals surface area contributed by atoms with Gasteiger partial charge >= 0.3 is 0 Å². The van der Waals surface area contributed by atoms with Gasteiger partial charge in [0.15, 0.2) is 0 Å². The summed E-state index contributed by atoms with van der Waals surface area (Å²) in [5, 5.41) is 9.19. The van der Waals surface area contributed by atoms with Crippen molar-refractivity contribution in [3.05, 3.63) is 0 Å². The van der Waals surface area contributed by atoms with Crippen molar-refractivity contribution < 1.29 is 14.6 Å². The molecule has 3 heteroatoms. The van der Waals surface area contributed by atoms with Crippen molar-refractivity contribution >= 4 is 0 Å². The lowest BCUT2D eigenvalue weighted by molar-refractivity contribution is -0.232. The van der Waals surface area contributed by atoms with Crippen LogP contribution in [0.15, 0.2) is 0 Å². The van der Waals surface area contributed by atoms with E-state index in [0.717, 1.165) is 0 Å². The Labute approximate surface area is 54.6 Å². The molecule has 1 saturated heterocycles. The molecule has 9 heavy (non-hydrogen) atoms. The van der Waals surface area contributed by atoms with Crippen molar-refractivity contribution in [2.24, 2.45) is 0 Å². The minimum atomic E-state index is -0.494. The van der Waals surface area contributed by atoms with E-state index in [9.17, 15) is 5.11 Å². The third-order valence-electron chi connectivity index (χ3n) is 1.59. The number of ether oxygens (including phenoxy) is 2. The van der Waals surface area contributed by atoms with Crippen LogP contribution in [0.25, 0.3) is 0 Å². The number of aliphatic hydroxyl groups is 1. The maximum absolute atomic E-state index is 9.19. The lowest BCUT2D eigenvalue weighted by Gasteiger charge is -2.34. The van der Waals surface area contributed by atoms with Gasteiger partial charge in [-0.05, 0) is 13.8 Å². The Hall–Kier alpha value is -0.120. The third-order valence-corrected chi connectivity index (χ3v) is 1.59. The van der Waals surface area contributed by atoms with Gasteiger partial charge in [-0.3, -0.25) is 0 Å². The zero-order valence-electron chi connectivity index (χ0n) is 5.76. The van der Waals surface area contributed by atoms with Gasteiger partial charge < -0.3 is 14.6 Å². The van der Waals surface area contributed by atoms with E-state index in [1.807, 2.05) is 13.8 Å². The summed E-state index contributed by atoms with van der Waals surface area (Å²) in [5.74, 6) is 0. The van der Waals surface area contributed by atoms with Crippen LogP contribution >= 0.6 is 0 Å². The molecule has 3 nitrogen and oxygen atoms in total. The SMILES string of the molecule is CC1(C)OCOCC1O. The van der Waals surface area contributed by atoms with Crippen molar-refractivity contribution in [2.75, 3.05) is 13.4 Å². The van der Waals surface area contributed by atoms with Gasteiger partial charge in [-0.25, -0.2) is 0 Å². The van der Waals surface area contributed by atoms with Crippen molar-refractivity contribution in [2.45, 2.75) is 25.6 Å². The first-order valence-electron chi connectivity index (χ1n) is 3.03. The van der Waals surface area contributed by atoms with E-state index in [0.29, 0.717) is 13.4 Å². The molecule has 0 amide bonds. The van der Waals surface area contributed by atoms with Crippen LogP contribution in [-0.4, -0.2) is 30.2 Å². The van der Waals surface area contributed by atoms with Crippen molar-refractivity contribution in [3.8, 4) is 0 Å². The molecule has 1 aliphatic heterocycles. The van der Waals surface area contributed by atoms with Gasteiger partial charge in [0.2, 0.25) is 0 Å². The summed E-state index contributed by atoms with van der Waals surface area (Å²) in [4.78, 5) is 0. The molecule has 0 spiro atoms. The molecule has 1 N–H and O–H groups in total. The summed E-state index contributed by atoms with van der Waals surface area (Å²) < 4.78 is 9.95. The summed E-state index contributed by atoms with van der Waals surface area (Å²) in [6.07, 6.45) is -0.494. The molecule has 0 bridgehead atoms. The monoisotopic (exact) mass is 132 g/mol. The highest BCUT2D eigenvalue weighted by molar-refractivity contribution is 4.79. The first-order valence-corrected chi connectivity index (χ1v) is 3.03. The number of rotatable bonds is 0. The van der Waals surface area contributed by atoms with Crippen LogP contribution in [0.5, 0.6) is 0 Å². The smallest absolute Gasteiger partial charge is 0.147 e. The van der Waals surface area contributed by atoms with E-state index >= 15 is 0 Å². The molecular weight excluding hydrogens is 120 g/mol. The number of aliphatic hydroxyl groups excluding tert-OH is 1. The Kier molecular flexibility index (Phi) is 1.75. The van der Waals surface area contributed by atoms with Crippen LogP contribution in [0, 0.1) is 0 Å². The zero-order valence-corrected chi connectivity index (χ0v) is 5.76. The molecule has 0 saturated carbocycles. The van der Waals surface area contributed by atoms with E-state index in [1.54, 1.807) is 0 Å². The molecule has 54 valence electrons. The Morgan fingerprint density at radius 2 is 2.22 bits per heavy atom. The first-order chi connectivity index (χ1) is 4.13. The predicted molar refractivity (Wildman–Crippen MR) is 32.0 cm³/mol. The van der Waals surface area contributed by atoms with Gasteiger partial charge in [0, 0.05) is 0 Å². The summed E-state index contributed by atoms with van der Waals surface area (Å²) in [5.41, 5.74) is -0.432. The molecule has 0 aromatic rings. The average molecular weight is 132 g/mol. The Morgan fingerprint density at radius 3 is 2.56 bits per heavy atom. The lowest BCUT2D eigenvalue weighted by Crippen LogP contribution is -2.46. The van der Waals surface area contributed by atoms with E-state index in [2.05, 4.69) is 0 Å². The Bertz CT molecular complexity index is 100. The quantitative estimate of drug-likeness (QED) is 0.509. The van der Waals surface area contributed by atoms with Gasteiger partial charge in [-0.15, -0.1) is 0 Å². The molecule has 0 radical (unpaired) electrons. The normalized spacial score (nSPS) is 34.3. The van der Waals surface area contributed by atoms with Crippen molar-refractivity contribution in [1.29, 1.82) is 0 Å². The fraction of sp³-hybridized carbons (Fsp3) is 1.00. The van der Waals surface area contributed by atoms with E-state index in [-0.39, 0.29) is 0 Å². The molecule has 1 atom stereocenters. The van der Waals surface area contributed by atoms with Crippen LogP contribution < -0.4 is 0 Å². The highest BCUT2D eigenvalue weighted by Crippen LogP contribution is 2.18. The summed E-state index contributed by atoms with van der Waals surface area (Å²) in [6.45, 7) is 4.37. The molecule has 0 aromatic heterocycles. The molecule has 1 heterocycles. The van der Waals surface area contributed by atoms with Crippen LogP contribution in [0.1, 0.15) is 13.8 Å². The summed E-state index contributed by atoms with van der Waals surface area (Å²) in [6, 6.07) is 0. The van der Waals surface area contributed by atoms with Crippen LogP contribution in [0.2, 0.25) is 0 Å². The second kappa shape index (κ2) is 2.25. The van der Waals surface area contributed by atoms with Gasteiger partial charge in [-0.1, -0.05) is 0 Å². The van der Waals surface area contributed by atoms with Gasteiger partial charge in [0.1, 0.15) is 12.9 Å². The maximum atomic E-state index is 9.19. The predicted octanol–water partition coefficient (Wildman–Crippen LogP) is 0.130. The average Bonchev–Trinajstić information content (AvgIpc) is 1.77. The molecule has 1 fully saturated rings. The van der Waals surface area contributed by atoms with E-state index in [1.165, 1.54) is 0 Å². The van der Waals surface area contributed by atoms with E-state index in [4.69, 9.17) is 9.47 Å². The largest absolute Gasteiger partial charge is 0.388 e. The highest BCUT2D eigenvalue weighted by Gasteiger charge is 2.32. The molecule has 1 aliphatic rings. The van der Waals surface area contributed by atoms with Crippen molar-refractivity contribution in [1.82, 2.24) is 0 Å². The zero-order chi connectivity index (χ0) is 6.91. The molecule has 0 aromatic carbocycles. The van der Waals surface area contributed by atoms with Gasteiger partial charge in [0.25, 0.3) is 0 Å². The number of hydrogen-bond donors (Lipinski definition) is 1. The summed E-state index contributed by atoms with van der Waals surface area (Å²) in [7, 11) is 0. The van der Waals surface area contributed by atoms with Crippen LogP contribution in [0.3, 0.4) is 0 Å². The molecule has 0 aliphatic carbocycles. The van der Waals surface area contributed by atoms with Gasteiger partial charge in [-0.2, -0.15) is 0 Å². The standard InChI is InChI=1S/C6H12O3/c1-6(2)5(7)3-8-4-9-6/h5,7H,3-4H2,1-2H3. The number of hydrogen-bond acceptors (Lipinski definition) is 3. The van der Waals surface area contributed by atoms with Crippen LogP contribution in [-0.2, 0) is 9.47 Å². The minimum absolute atomic E-state index is 0.296. The Morgan fingerprint density at radius 1 is 1.56 bits per heavy atom. The molecular formula is C6H12O3. The van der Waals surface area contributed by atoms with Crippen LogP contribution in [0.4, 0.5) is 0 Å². The lowest BCUT2D eigenvalue weighted by atomic mass is 10.0. The fourth-order valence-electron chi connectivity index (χ4n) is 0.650. The fourth-order valence-corrected chi connectivity index (χ4v) is 0.650. The second-order valence-electron chi connectivity index (χ2n) is 2.75. The summed E-state index contributed by atoms with van der Waals surface area (Å²) >= 11 is 0. The van der Waals surface area contributed by atoms with Crippen molar-refractivity contribution in [3.63, 3.8) is 0 Å². The molecule has 1 rings (SSSR count). The van der Waals surface area contributed by atoms with Gasteiger partial charge in [0.05, 0.1) is 12.2 Å². The highest BCUT2D eigenvalue weighted by atomic mass is 16.7. The molecule has 1 unspecified atom stereocenters. The third kappa shape index (κ3) is 1.41. The maximum Gasteiger partial charge on any atom is 0.147 e.